The molecule has 0 saturated carbocycles. The van der Waals surface area contributed by atoms with Gasteiger partial charge in [-0.25, -0.2) is 4.39 Å². The van der Waals surface area contributed by atoms with Crippen LogP contribution in [0.5, 0.6) is 0 Å². The first-order valence-electron chi connectivity index (χ1n) is 8.23. The lowest BCUT2D eigenvalue weighted by Crippen LogP contribution is -2.17. The van der Waals surface area contributed by atoms with Gasteiger partial charge in [-0.05, 0) is 45.0 Å². The summed E-state index contributed by atoms with van der Waals surface area (Å²) >= 11 is 0. The van der Waals surface area contributed by atoms with E-state index in [0.29, 0.717) is 5.56 Å². The van der Waals surface area contributed by atoms with E-state index in [1.54, 1.807) is 6.92 Å². The molecule has 0 fully saturated rings. The summed E-state index contributed by atoms with van der Waals surface area (Å²) in [6.45, 7) is 4.24. The average Bonchev–Trinajstić information content (AvgIpc) is 3.21. The number of hydrogen-bond donors (Lipinski definition) is 0. The number of carbonyl (C=O) groups is 1. The largest absolute Gasteiger partial charge is 0.451 e. The first-order chi connectivity index (χ1) is 13.3. The fourth-order valence-corrected chi connectivity index (χ4v) is 2.62. The van der Waals surface area contributed by atoms with Gasteiger partial charge in [0.25, 0.3) is 5.89 Å². The highest BCUT2D eigenvalue weighted by Gasteiger charge is 2.24. The lowest BCUT2D eigenvalue weighted by atomic mass is 10.2. The Kier molecular flexibility index (Phi) is 5.16. The van der Waals surface area contributed by atoms with Crippen molar-refractivity contribution in [2.75, 3.05) is 0 Å². The normalized spacial score (nSPS) is 12.0. The summed E-state index contributed by atoms with van der Waals surface area (Å²) in [5.74, 6) is -0.844. The Morgan fingerprint density at radius 1 is 1.32 bits per heavy atom. The van der Waals surface area contributed by atoms with Gasteiger partial charge in [-0.15, -0.1) is 10.2 Å². The number of nitro groups is 1. The molecule has 0 bridgehead atoms. The maximum absolute atomic E-state index is 13.0. The van der Waals surface area contributed by atoms with Gasteiger partial charge in [0, 0.05) is 5.56 Å². The number of ether oxygens (including phenoxy) is 1. The Morgan fingerprint density at radius 3 is 2.61 bits per heavy atom. The summed E-state index contributed by atoms with van der Waals surface area (Å²) in [4.78, 5) is 22.7. The molecule has 0 amide bonds. The number of esters is 1. The van der Waals surface area contributed by atoms with Gasteiger partial charge < -0.3 is 9.15 Å². The number of aryl methyl sites for hydroxylation is 1. The summed E-state index contributed by atoms with van der Waals surface area (Å²) in [5, 5.41) is 22.7. The van der Waals surface area contributed by atoms with Gasteiger partial charge in [-0.3, -0.25) is 19.6 Å². The van der Waals surface area contributed by atoms with E-state index in [0.717, 1.165) is 0 Å². The minimum atomic E-state index is -0.846. The topological polar surface area (TPSA) is 126 Å². The molecule has 146 valence electrons. The predicted molar refractivity (Wildman–Crippen MR) is 92.6 cm³/mol. The zero-order valence-electron chi connectivity index (χ0n) is 15.2. The second-order valence-corrected chi connectivity index (χ2v) is 6.02. The molecule has 0 aliphatic heterocycles. The highest BCUT2D eigenvalue weighted by atomic mass is 19.1. The summed E-state index contributed by atoms with van der Waals surface area (Å²) in [5.41, 5.74) is 0.850. The Labute approximate surface area is 158 Å². The van der Waals surface area contributed by atoms with Crippen LogP contribution < -0.4 is 0 Å². The van der Waals surface area contributed by atoms with Crippen LogP contribution in [-0.4, -0.2) is 30.9 Å². The van der Waals surface area contributed by atoms with Crippen molar-refractivity contribution in [3.63, 3.8) is 0 Å². The Bertz CT molecular complexity index is 1030. The monoisotopic (exact) mass is 389 g/mol. The molecule has 11 heteroatoms. The smallest absolute Gasteiger partial charge is 0.328 e. The van der Waals surface area contributed by atoms with Gasteiger partial charge in [0.15, 0.2) is 6.10 Å². The predicted octanol–water partition coefficient (Wildman–Crippen LogP) is 2.90. The van der Waals surface area contributed by atoms with Crippen molar-refractivity contribution in [2.45, 2.75) is 33.4 Å². The van der Waals surface area contributed by atoms with Crippen LogP contribution in [-0.2, 0) is 16.1 Å². The second-order valence-electron chi connectivity index (χ2n) is 6.02. The van der Waals surface area contributed by atoms with Crippen LogP contribution in [0.3, 0.4) is 0 Å². The Balaban J connectivity index is 1.67. The molecule has 0 radical (unpaired) electrons. The first kappa shape index (κ1) is 19.1. The van der Waals surface area contributed by atoms with Crippen molar-refractivity contribution in [3.05, 3.63) is 57.5 Å². The van der Waals surface area contributed by atoms with E-state index in [2.05, 4.69) is 15.3 Å². The van der Waals surface area contributed by atoms with Gasteiger partial charge in [0.1, 0.15) is 23.7 Å². The third kappa shape index (κ3) is 3.87. The molecule has 0 unspecified atom stereocenters. The van der Waals surface area contributed by atoms with E-state index < -0.39 is 22.8 Å². The lowest BCUT2D eigenvalue weighted by Gasteiger charge is -2.10. The molecule has 2 aromatic heterocycles. The zero-order chi connectivity index (χ0) is 20.4. The van der Waals surface area contributed by atoms with Crippen LogP contribution in [0, 0.1) is 29.8 Å². The van der Waals surface area contributed by atoms with Crippen molar-refractivity contribution in [3.8, 4) is 11.5 Å². The number of halogens is 1. The van der Waals surface area contributed by atoms with Gasteiger partial charge in [0.05, 0.1) is 4.92 Å². The molecular weight excluding hydrogens is 373 g/mol. The summed E-state index contributed by atoms with van der Waals surface area (Å²) in [7, 11) is 0. The van der Waals surface area contributed by atoms with Gasteiger partial charge in [0.2, 0.25) is 5.89 Å². The molecule has 0 spiro atoms. The Morgan fingerprint density at radius 2 is 2.00 bits per heavy atom. The van der Waals surface area contributed by atoms with E-state index in [1.807, 2.05) is 0 Å². The van der Waals surface area contributed by atoms with Crippen LogP contribution in [0.15, 0.2) is 28.7 Å². The molecule has 3 rings (SSSR count). The van der Waals surface area contributed by atoms with Gasteiger partial charge in [-0.2, -0.15) is 5.10 Å². The van der Waals surface area contributed by atoms with Crippen LogP contribution in [0.4, 0.5) is 10.1 Å². The zero-order valence-corrected chi connectivity index (χ0v) is 15.2. The third-order valence-electron chi connectivity index (χ3n) is 3.99. The molecule has 0 aliphatic rings. The van der Waals surface area contributed by atoms with E-state index in [4.69, 9.17) is 9.15 Å². The molecule has 1 atom stereocenters. The van der Waals surface area contributed by atoms with Crippen LogP contribution >= 0.6 is 0 Å². The molecule has 28 heavy (non-hydrogen) atoms. The molecule has 0 N–H and O–H groups in total. The third-order valence-corrected chi connectivity index (χ3v) is 3.99. The van der Waals surface area contributed by atoms with Crippen molar-refractivity contribution < 1.29 is 23.3 Å². The minimum Gasteiger partial charge on any atom is -0.451 e. The molecule has 0 aliphatic carbocycles. The number of benzene rings is 1. The number of hydrogen-bond acceptors (Lipinski definition) is 8. The minimum absolute atomic E-state index is 0.0621. The molecular formula is C17H16FN5O5. The number of carbonyl (C=O) groups excluding carboxylic acids is 1. The first-order valence-corrected chi connectivity index (χ1v) is 8.23. The van der Waals surface area contributed by atoms with E-state index >= 15 is 0 Å². The molecule has 2 heterocycles. The maximum Gasteiger partial charge on any atom is 0.328 e. The summed E-state index contributed by atoms with van der Waals surface area (Å²) in [6.07, 6.45) is -0.846. The van der Waals surface area contributed by atoms with Crippen LogP contribution in [0.1, 0.15) is 30.3 Å². The number of rotatable bonds is 6. The summed E-state index contributed by atoms with van der Waals surface area (Å²) in [6, 6.07) is 5.49. The Hall–Kier alpha value is -3.63. The molecule has 3 aromatic rings. The second kappa shape index (κ2) is 7.55. The maximum atomic E-state index is 13.0. The quantitative estimate of drug-likeness (QED) is 0.358. The molecule has 10 nitrogen and oxygen atoms in total. The average molecular weight is 389 g/mol. The summed E-state index contributed by atoms with van der Waals surface area (Å²) < 4.78 is 24.9. The fraction of sp³-hybridized carbons (Fsp3) is 0.294. The van der Waals surface area contributed by atoms with Crippen molar-refractivity contribution >= 4 is 11.7 Å². The number of nitrogens with zero attached hydrogens (tertiary/aromatic N) is 5. The SMILES string of the molecule is Cc1nn(CC(=O)O[C@H](C)c2nnc(-c3ccc(F)cc3)o2)c(C)c1[N+](=O)[O-]. The van der Waals surface area contributed by atoms with Gasteiger partial charge in [-0.1, -0.05) is 0 Å². The van der Waals surface area contributed by atoms with Gasteiger partial charge >= 0.3 is 11.7 Å². The van der Waals surface area contributed by atoms with Crippen LogP contribution in [0.25, 0.3) is 11.5 Å². The van der Waals surface area contributed by atoms with Crippen molar-refractivity contribution in [2.24, 2.45) is 0 Å². The van der Waals surface area contributed by atoms with E-state index in [1.165, 1.54) is 42.8 Å². The van der Waals surface area contributed by atoms with Crippen molar-refractivity contribution in [1.82, 2.24) is 20.0 Å². The van der Waals surface area contributed by atoms with Crippen molar-refractivity contribution in [1.29, 1.82) is 0 Å². The molecule has 1 aromatic carbocycles. The highest BCUT2D eigenvalue weighted by molar-refractivity contribution is 5.69. The van der Waals surface area contributed by atoms with E-state index in [-0.39, 0.29) is 35.4 Å². The van der Waals surface area contributed by atoms with E-state index in [9.17, 15) is 19.3 Å². The van der Waals surface area contributed by atoms with Crippen LogP contribution in [0.2, 0.25) is 0 Å². The lowest BCUT2D eigenvalue weighted by molar-refractivity contribution is -0.386. The highest BCUT2D eigenvalue weighted by Crippen LogP contribution is 2.24. The number of aromatic nitrogens is 4. The standard InChI is InChI=1S/C17H16FN5O5/c1-9-15(23(25)26)10(2)22(21-9)8-14(24)27-11(3)16-19-20-17(28-16)12-4-6-13(18)7-5-12/h4-7,11H,8H2,1-3H3/t11-/m1/s1. The fourth-order valence-electron chi connectivity index (χ4n) is 2.62. The molecule has 0 saturated heterocycles.